The maximum absolute atomic E-state index is 12.4. The Morgan fingerprint density at radius 2 is 1.65 bits per heavy atom. The minimum atomic E-state index is -4.38. The summed E-state index contributed by atoms with van der Waals surface area (Å²) < 4.78 is 37.2. The third-order valence-corrected chi connectivity index (χ3v) is 2.38. The number of benzene rings is 1. The maximum atomic E-state index is 12.4. The molecule has 0 aliphatic carbocycles. The van der Waals surface area contributed by atoms with Gasteiger partial charge in [0.15, 0.2) is 0 Å². The molecule has 0 aliphatic rings. The largest absolute Gasteiger partial charge is 0.432 e. The molecule has 1 heterocycles. The number of rotatable bonds is 1. The molecule has 1 aromatic carbocycles. The van der Waals surface area contributed by atoms with Crippen molar-refractivity contribution in [1.82, 2.24) is 9.97 Å². The van der Waals surface area contributed by atoms with Gasteiger partial charge in [0.1, 0.15) is 11.5 Å². The second-order valence-electron chi connectivity index (χ2n) is 4.02. The van der Waals surface area contributed by atoms with E-state index in [1.807, 2.05) is 19.9 Å². The molecule has 2 aromatic rings. The van der Waals surface area contributed by atoms with Crippen LogP contribution in [0.2, 0.25) is 0 Å². The summed E-state index contributed by atoms with van der Waals surface area (Å²) in [6.07, 6.45) is -3.57. The number of nitrogens with one attached hydrogen (secondary N) is 1. The van der Waals surface area contributed by atoms with E-state index >= 15 is 0 Å². The lowest BCUT2D eigenvalue weighted by atomic mass is 10.1. The van der Waals surface area contributed by atoms with Crippen LogP contribution in [0.3, 0.4) is 0 Å². The topological polar surface area (TPSA) is 28.7 Å². The average Bonchev–Trinajstić information content (AvgIpc) is 2.63. The van der Waals surface area contributed by atoms with E-state index in [1.54, 1.807) is 12.1 Å². The van der Waals surface area contributed by atoms with Crippen molar-refractivity contribution in [2.45, 2.75) is 20.0 Å². The Hall–Kier alpha value is -1.78. The van der Waals surface area contributed by atoms with Crippen LogP contribution in [0.5, 0.6) is 0 Å². The third kappa shape index (κ3) is 2.49. The summed E-state index contributed by atoms with van der Waals surface area (Å²) >= 11 is 0. The van der Waals surface area contributed by atoms with Crippen LogP contribution in [0, 0.1) is 13.8 Å². The van der Waals surface area contributed by atoms with Crippen molar-refractivity contribution in [2.24, 2.45) is 0 Å². The van der Waals surface area contributed by atoms with Crippen LogP contribution in [0.4, 0.5) is 13.2 Å². The lowest BCUT2D eigenvalue weighted by Gasteiger charge is -2.03. The molecule has 5 heteroatoms. The molecule has 1 aromatic heterocycles. The molecule has 2 rings (SSSR count). The molecule has 0 atom stereocenters. The molecule has 0 amide bonds. The summed E-state index contributed by atoms with van der Waals surface area (Å²) in [5.74, 6) is 0.240. The first-order valence-electron chi connectivity index (χ1n) is 5.07. The molecule has 1 N–H and O–H groups in total. The number of nitrogens with zero attached hydrogens (tertiary/aromatic N) is 1. The minimum absolute atomic E-state index is 0.240. The standard InChI is InChI=1S/C12H11F3N2/c1-7-3-8(2)5-9(4-7)11-16-6-10(17-11)12(13,14)15/h3-6H,1-2H3,(H,16,17). The first-order valence-corrected chi connectivity index (χ1v) is 5.07. The first-order chi connectivity index (χ1) is 7.86. The van der Waals surface area contributed by atoms with Crippen molar-refractivity contribution in [3.05, 3.63) is 41.2 Å². The van der Waals surface area contributed by atoms with Gasteiger partial charge in [0.25, 0.3) is 0 Å². The monoisotopic (exact) mass is 240 g/mol. The van der Waals surface area contributed by atoms with Gasteiger partial charge >= 0.3 is 6.18 Å². The van der Waals surface area contributed by atoms with E-state index in [2.05, 4.69) is 9.97 Å². The van der Waals surface area contributed by atoms with Gasteiger partial charge in [0.05, 0.1) is 6.20 Å². The molecule has 0 aliphatic heterocycles. The first kappa shape index (κ1) is 11.7. The number of aromatic nitrogens is 2. The smallest absolute Gasteiger partial charge is 0.334 e. The zero-order chi connectivity index (χ0) is 12.6. The second-order valence-corrected chi connectivity index (χ2v) is 4.02. The van der Waals surface area contributed by atoms with Gasteiger partial charge in [-0.3, -0.25) is 0 Å². The molecular weight excluding hydrogens is 229 g/mol. The van der Waals surface area contributed by atoms with Gasteiger partial charge < -0.3 is 4.98 Å². The molecule has 90 valence electrons. The fourth-order valence-electron chi connectivity index (χ4n) is 1.72. The highest BCUT2D eigenvalue weighted by Crippen LogP contribution is 2.29. The molecule has 0 unspecified atom stereocenters. The second kappa shape index (κ2) is 3.91. The highest BCUT2D eigenvalue weighted by atomic mass is 19.4. The van der Waals surface area contributed by atoms with Crippen molar-refractivity contribution >= 4 is 0 Å². The fraction of sp³-hybridized carbons (Fsp3) is 0.250. The number of halogens is 3. The van der Waals surface area contributed by atoms with Gasteiger partial charge in [0.2, 0.25) is 0 Å². The Kier molecular flexibility index (Phi) is 2.69. The number of alkyl halides is 3. The van der Waals surface area contributed by atoms with Gasteiger partial charge in [-0.2, -0.15) is 13.2 Å². The van der Waals surface area contributed by atoms with Crippen molar-refractivity contribution in [3.8, 4) is 11.4 Å². The Morgan fingerprint density at radius 1 is 1.06 bits per heavy atom. The summed E-state index contributed by atoms with van der Waals surface area (Å²) in [5.41, 5.74) is 1.82. The lowest BCUT2D eigenvalue weighted by molar-refractivity contribution is -0.140. The van der Waals surface area contributed by atoms with E-state index in [1.165, 1.54) is 0 Å². The van der Waals surface area contributed by atoms with Crippen LogP contribution in [0.1, 0.15) is 16.8 Å². The maximum Gasteiger partial charge on any atom is 0.432 e. The number of hydrogen-bond donors (Lipinski definition) is 1. The number of aryl methyl sites for hydroxylation is 2. The zero-order valence-corrected chi connectivity index (χ0v) is 9.39. The van der Waals surface area contributed by atoms with E-state index in [0.717, 1.165) is 17.3 Å². The van der Waals surface area contributed by atoms with Crippen LogP contribution in [-0.2, 0) is 6.18 Å². The SMILES string of the molecule is Cc1cc(C)cc(-c2ncc(C(F)(F)F)[nH]2)c1. The molecule has 17 heavy (non-hydrogen) atoms. The van der Waals surface area contributed by atoms with Crippen molar-refractivity contribution in [1.29, 1.82) is 0 Å². The number of imidazole rings is 1. The van der Waals surface area contributed by atoms with E-state index < -0.39 is 11.9 Å². The van der Waals surface area contributed by atoms with E-state index in [4.69, 9.17) is 0 Å². The van der Waals surface area contributed by atoms with E-state index in [9.17, 15) is 13.2 Å². The van der Waals surface area contributed by atoms with Gasteiger partial charge in [0, 0.05) is 5.56 Å². The fourth-order valence-corrected chi connectivity index (χ4v) is 1.72. The van der Waals surface area contributed by atoms with Gasteiger partial charge in [-0.25, -0.2) is 4.98 Å². The molecule has 0 bridgehead atoms. The summed E-state index contributed by atoms with van der Waals surface area (Å²) in [5, 5.41) is 0. The van der Waals surface area contributed by atoms with Crippen molar-refractivity contribution in [2.75, 3.05) is 0 Å². The number of hydrogen-bond acceptors (Lipinski definition) is 1. The Morgan fingerprint density at radius 3 is 2.12 bits per heavy atom. The van der Waals surface area contributed by atoms with Crippen molar-refractivity contribution in [3.63, 3.8) is 0 Å². The van der Waals surface area contributed by atoms with E-state index in [-0.39, 0.29) is 5.82 Å². The van der Waals surface area contributed by atoms with Gasteiger partial charge in [-0.1, -0.05) is 17.2 Å². The lowest BCUT2D eigenvalue weighted by Crippen LogP contribution is -2.04. The van der Waals surface area contributed by atoms with Crippen LogP contribution < -0.4 is 0 Å². The van der Waals surface area contributed by atoms with Crippen LogP contribution >= 0.6 is 0 Å². The Bertz CT molecular complexity index is 521. The quantitative estimate of drug-likeness (QED) is 0.808. The summed E-state index contributed by atoms with van der Waals surface area (Å²) in [4.78, 5) is 6.05. The highest BCUT2D eigenvalue weighted by molar-refractivity contribution is 5.58. The zero-order valence-electron chi connectivity index (χ0n) is 9.39. The molecule has 0 fully saturated rings. The van der Waals surface area contributed by atoms with Gasteiger partial charge in [-0.15, -0.1) is 0 Å². The van der Waals surface area contributed by atoms with Crippen LogP contribution in [-0.4, -0.2) is 9.97 Å². The van der Waals surface area contributed by atoms with Gasteiger partial charge in [-0.05, 0) is 26.0 Å². The summed E-state index contributed by atoms with van der Waals surface area (Å²) in [6.45, 7) is 3.79. The molecular formula is C12H11F3N2. The molecule has 0 radical (unpaired) electrons. The van der Waals surface area contributed by atoms with E-state index in [0.29, 0.717) is 5.56 Å². The number of aromatic amines is 1. The third-order valence-electron chi connectivity index (χ3n) is 2.38. The predicted molar refractivity (Wildman–Crippen MR) is 58.5 cm³/mol. The summed E-state index contributed by atoms with van der Waals surface area (Å²) in [7, 11) is 0. The average molecular weight is 240 g/mol. The molecule has 0 spiro atoms. The Balaban J connectivity index is 2.44. The molecule has 0 saturated carbocycles. The highest BCUT2D eigenvalue weighted by Gasteiger charge is 2.33. The van der Waals surface area contributed by atoms with Crippen LogP contribution in [0.15, 0.2) is 24.4 Å². The number of H-pyrrole nitrogens is 1. The molecule has 0 saturated heterocycles. The van der Waals surface area contributed by atoms with Crippen molar-refractivity contribution < 1.29 is 13.2 Å². The predicted octanol–water partition coefficient (Wildman–Crippen LogP) is 3.71. The minimum Gasteiger partial charge on any atom is -0.334 e. The normalized spacial score (nSPS) is 11.8. The Labute approximate surface area is 96.5 Å². The summed E-state index contributed by atoms with van der Waals surface area (Å²) in [6, 6.07) is 5.55. The van der Waals surface area contributed by atoms with Crippen LogP contribution in [0.25, 0.3) is 11.4 Å². The molecule has 2 nitrogen and oxygen atoms in total.